The van der Waals surface area contributed by atoms with Gasteiger partial charge in [-0.05, 0) is 18.9 Å². The van der Waals surface area contributed by atoms with Gasteiger partial charge in [-0.2, -0.15) is 0 Å². The van der Waals surface area contributed by atoms with Gasteiger partial charge in [-0.15, -0.1) is 0 Å². The number of amides is 2. The van der Waals surface area contributed by atoms with Crippen molar-refractivity contribution in [1.82, 2.24) is 4.90 Å². The highest BCUT2D eigenvalue weighted by Crippen LogP contribution is 2.37. The summed E-state index contributed by atoms with van der Waals surface area (Å²) in [5.74, 6) is -1.34. The minimum Gasteiger partial charge on any atom is -0.497 e. The topological polar surface area (TPSA) is 72.9 Å². The molecular formula is C14H13NO5. The van der Waals surface area contributed by atoms with Crippen LogP contribution in [0.25, 0.3) is 0 Å². The van der Waals surface area contributed by atoms with Crippen LogP contribution in [0.2, 0.25) is 0 Å². The smallest absolute Gasteiger partial charge is 0.302 e. The first kappa shape index (κ1) is 12.7. The molecular weight excluding hydrogens is 262 g/mol. The molecule has 2 amide bonds. The fourth-order valence-electron chi connectivity index (χ4n) is 2.37. The summed E-state index contributed by atoms with van der Waals surface area (Å²) in [4.78, 5) is 37.8. The first-order valence-corrected chi connectivity index (χ1v) is 6.26. The lowest BCUT2D eigenvalue weighted by atomic mass is 9.95. The number of hydrogen-bond acceptors (Lipinski definition) is 5. The van der Waals surface area contributed by atoms with Crippen LogP contribution in [-0.4, -0.2) is 42.8 Å². The van der Waals surface area contributed by atoms with Gasteiger partial charge in [-0.1, -0.05) is 0 Å². The SMILES string of the molecule is COc1cc(OC)c2c(c1)C(=O)N(C1CC1)C(=O)C2=O. The van der Waals surface area contributed by atoms with Crippen molar-refractivity contribution in [3.63, 3.8) is 0 Å². The lowest BCUT2D eigenvalue weighted by Gasteiger charge is -2.26. The van der Waals surface area contributed by atoms with Crippen LogP contribution in [0.3, 0.4) is 0 Å². The molecule has 0 atom stereocenters. The van der Waals surface area contributed by atoms with E-state index < -0.39 is 17.6 Å². The first-order chi connectivity index (χ1) is 9.58. The number of ketones is 1. The third kappa shape index (κ3) is 1.68. The summed E-state index contributed by atoms with van der Waals surface area (Å²) in [6.07, 6.45) is 1.50. The van der Waals surface area contributed by atoms with E-state index >= 15 is 0 Å². The van der Waals surface area contributed by atoms with Crippen LogP contribution < -0.4 is 9.47 Å². The zero-order chi connectivity index (χ0) is 14.4. The molecule has 1 aromatic rings. The maximum absolute atomic E-state index is 12.4. The largest absolute Gasteiger partial charge is 0.497 e. The van der Waals surface area contributed by atoms with E-state index in [9.17, 15) is 14.4 Å². The molecule has 2 aliphatic rings. The average molecular weight is 275 g/mol. The second kappa shape index (κ2) is 4.33. The molecule has 1 saturated carbocycles. The number of Topliss-reactive ketones (excluding diaryl/α,β-unsaturated/α-hetero) is 1. The zero-order valence-corrected chi connectivity index (χ0v) is 11.1. The number of methoxy groups -OCH3 is 2. The maximum Gasteiger partial charge on any atom is 0.302 e. The van der Waals surface area contributed by atoms with Crippen molar-refractivity contribution in [3.8, 4) is 11.5 Å². The Morgan fingerprint density at radius 2 is 1.75 bits per heavy atom. The summed E-state index contributed by atoms with van der Waals surface area (Å²) in [5.41, 5.74) is 0.193. The number of nitrogens with zero attached hydrogens (tertiary/aromatic N) is 1. The Morgan fingerprint density at radius 3 is 2.30 bits per heavy atom. The zero-order valence-electron chi connectivity index (χ0n) is 11.1. The van der Waals surface area contributed by atoms with Crippen LogP contribution in [0.4, 0.5) is 0 Å². The average Bonchev–Trinajstić information content (AvgIpc) is 3.28. The molecule has 0 N–H and O–H groups in total. The van der Waals surface area contributed by atoms with Crippen LogP contribution >= 0.6 is 0 Å². The summed E-state index contributed by atoms with van der Waals surface area (Å²) in [6, 6.07) is 2.81. The highest BCUT2D eigenvalue weighted by Gasteiger charge is 2.46. The van der Waals surface area contributed by atoms with E-state index in [1.807, 2.05) is 0 Å². The Hall–Kier alpha value is -2.37. The molecule has 1 heterocycles. The molecule has 0 radical (unpaired) electrons. The van der Waals surface area contributed by atoms with E-state index in [1.54, 1.807) is 0 Å². The van der Waals surface area contributed by atoms with Gasteiger partial charge in [0, 0.05) is 12.1 Å². The van der Waals surface area contributed by atoms with Crippen molar-refractivity contribution in [1.29, 1.82) is 0 Å². The third-order valence-electron chi connectivity index (χ3n) is 3.53. The Morgan fingerprint density at radius 1 is 1.05 bits per heavy atom. The molecule has 0 bridgehead atoms. The van der Waals surface area contributed by atoms with Crippen LogP contribution in [0.5, 0.6) is 11.5 Å². The maximum atomic E-state index is 12.4. The van der Waals surface area contributed by atoms with Gasteiger partial charge >= 0.3 is 5.91 Å². The van der Waals surface area contributed by atoms with Gasteiger partial charge in [-0.3, -0.25) is 19.3 Å². The standard InChI is InChI=1S/C14H13NO5/c1-19-8-5-9-11(10(6-8)20-2)12(16)14(18)15(13(9)17)7-3-4-7/h5-7H,3-4H2,1-2H3. The Bertz CT molecular complexity index is 633. The van der Waals surface area contributed by atoms with Gasteiger partial charge in [0.15, 0.2) is 0 Å². The summed E-state index contributed by atoms with van der Waals surface area (Å²) < 4.78 is 10.2. The van der Waals surface area contributed by atoms with E-state index in [2.05, 4.69) is 0 Å². The van der Waals surface area contributed by atoms with E-state index in [-0.39, 0.29) is 22.9 Å². The molecule has 0 saturated heterocycles. The summed E-state index contributed by atoms with van der Waals surface area (Å²) in [5, 5.41) is 0. The number of imide groups is 1. The van der Waals surface area contributed by atoms with Crippen molar-refractivity contribution >= 4 is 17.6 Å². The number of carbonyl (C=O) groups is 3. The first-order valence-electron chi connectivity index (χ1n) is 6.26. The number of benzene rings is 1. The Balaban J connectivity index is 2.20. The van der Waals surface area contributed by atoms with Gasteiger partial charge < -0.3 is 9.47 Å². The predicted molar refractivity (Wildman–Crippen MR) is 68.1 cm³/mol. The minimum atomic E-state index is -0.770. The van der Waals surface area contributed by atoms with Gasteiger partial charge in [0.25, 0.3) is 11.7 Å². The molecule has 0 aromatic heterocycles. The number of fused-ring (bicyclic) bond motifs is 1. The van der Waals surface area contributed by atoms with Crippen molar-refractivity contribution in [2.45, 2.75) is 18.9 Å². The van der Waals surface area contributed by atoms with Gasteiger partial charge in [0.2, 0.25) is 0 Å². The van der Waals surface area contributed by atoms with Crippen molar-refractivity contribution < 1.29 is 23.9 Å². The van der Waals surface area contributed by atoms with Gasteiger partial charge in [0.1, 0.15) is 11.5 Å². The molecule has 3 rings (SSSR count). The van der Waals surface area contributed by atoms with Crippen molar-refractivity contribution in [2.75, 3.05) is 14.2 Å². The Labute approximate surface area is 115 Å². The molecule has 1 aliphatic heterocycles. The number of rotatable bonds is 3. The van der Waals surface area contributed by atoms with E-state index in [0.29, 0.717) is 5.75 Å². The van der Waals surface area contributed by atoms with E-state index in [1.165, 1.54) is 26.4 Å². The van der Waals surface area contributed by atoms with Crippen LogP contribution in [0, 0.1) is 0 Å². The molecule has 6 nitrogen and oxygen atoms in total. The molecule has 1 aliphatic carbocycles. The number of ether oxygens (including phenoxy) is 2. The van der Waals surface area contributed by atoms with E-state index in [0.717, 1.165) is 17.7 Å². The predicted octanol–water partition coefficient (Wildman–Crippen LogP) is 1.03. The van der Waals surface area contributed by atoms with E-state index in [4.69, 9.17) is 9.47 Å². The summed E-state index contributed by atoms with van der Waals surface area (Å²) in [6.45, 7) is 0. The molecule has 1 aromatic carbocycles. The number of carbonyl (C=O) groups excluding carboxylic acids is 3. The highest BCUT2D eigenvalue weighted by molar-refractivity contribution is 6.49. The quantitative estimate of drug-likeness (QED) is 0.608. The number of hydrogen-bond donors (Lipinski definition) is 0. The monoisotopic (exact) mass is 275 g/mol. The van der Waals surface area contributed by atoms with Gasteiger partial charge in [0.05, 0.1) is 25.3 Å². The second-order valence-corrected chi connectivity index (χ2v) is 4.79. The highest BCUT2D eigenvalue weighted by atomic mass is 16.5. The molecule has 6 heteroatoms. The second-order valence-electron chi connectivity index (χ2n) is 4.79. The van der Waals surface area contributed by atoms with Crippen LogP contribution in [0.15, 0.2) is 12.1 Å². The summed E-state index contributed by atoms with van der Waals surface area (Å²) in [7, 11) is 2.84. The fourth-order valence-corrected chi connectivity index (χ4v) is 2.37. The lowest BCUT2D eigenvalue weighted by Crippen LogP contribution is -2.47. The molecule has 20 heavy (non-hydrogen) atoms. The minimum absolute atomic E-state index is 0.0280. The van der Waals surface area contributed by atoms with Crippen LogP contribution in [-0.2, 0) is 4.79 Å². The fraction of sp³-hybridized carbons (Fsp3) is 0.357. The third-order valence-corrected chi connectivity index (χ3v) is 3.53. The van der Waals surface area contributed by atoms with Crippen molar-refractivity contribution in [2.24, 2.45) is 0 Å². The molecule has 0 spiro atoms. The van der Waals surface area contributed by atoms with Gasteiger partial charge in [-0.25, -0.2) is 0 Å². The lowest BCUT2D eigenvalue weighted by molar-refractivity contribution is -0.124. The summed E-state index contributed by atoms with van der Waals surface area (Å²) >= 11 is 0. The molecule has 104 valence electrons. The molecule has 1 fully saturated rings. The Kier molecular flexibility index (Phi) is 2.74. The normalized spacial score (nSPS) is 18.1. The molecule has 0 unspecified atom stereocenters. The van der Waals surface area contributed by atoms with Crippen molar-refractivity contribution in [3.05, 3.63) is 23.3 Å². The van der Waals surface area contributed by atoms with Crippen LogP contribution in [0.1, 0.15) is 33.6 Å².